The predicted molar refractivity (Wildman–Crippen MR) is 89.2 cm³/mol. The van der Waals surface area contributed by atoms with Crippen LogP contribution in [-0.2, 0) is 17.6 Å². The van der Waals surface area contributed by atoms with Crippen LogP contribution in [0.25, 0.3) is 0 Å². The molecule has 2 N–H and O–H groups in total. The third kappa shape index (κ3) is 2.80. The van der Waals surface area contributed by atoms with Crippen molar-refractivity contribution in [3.63, 3.8) is 0 Å². The van der Waals surface area contributed by atoms with E-state index in [1.165, 1.54) is 43.4 Å². The lowest BCUT2D eigenvalue weighted by atomic mass is 9.79. The molecular weight excluding hydrogens is 288 g/mol. The normalized spacial score (nSPS) is 27.6. The molecule has 1 saturated heterocycles. The summed E-state index contributed by atoms with van der Waals surface area (Å²) in [4.78, 5) is 15.7. The summed E-state index contributed by atoms with van der Waals surface area (Å²) < 4.78 is 0. The Morgan fingerprint density at radius 3 is 2.78 bits per heavy atom. The van der Waals surface area contributed by atoms with Gasteiger partial charge >= 0.3 is 0 Å². The van der Waals surface area contributed by atoms with E-state index < -0.39 is 0 Å². The average Bonchev–Trinajstić information content (AvgIpc) is 3.27. The Bertz CT molecular complexity index is 555. The van der Waals surface area contributed by atoms with Crippen molar-refractivity contribution in [2.75, 3.05) is 13.1 Å². The van der Waals surface area contributed by atoms with Gasteiger partial charge in [0, 0.05) is 18.2 Å². The molecule has 2 aliphatic carbocycles. The predicted octanol–water partition coefficient (Wildman–Crippen LogP) is 2.18. The first-order chi connectivity index (χ1) is 11.3. The first-order valence-corrected chi connectivity index (χ1v) is 9.35. The van der Waals surface area contributed by atoms with E-state index in [2.05, 4.69) is 20.4 Å². The van der Waals surface area contributed by atoms with Gasteiger partial charge in [0.15, 0.2) is 0 Å². The fraction of sp³-hybridized carbons (Fsp3) is 0.778. The Morgan fingerprint density at radius 2 is 2.00 bits per heavy atom. The molecule has 5 heteroatoms. The topological polar surface area (TPSA) is 61.0 Å². The van der Waals surface area contributed by atoms with Crippen LogP contribution in [0.1, 0.15) is 62.6 Å². The molecular formula is C18H28N4O. The zero-order valence-electron chi connectivity index (χ0n) is 13.9. The highest BCUT2D eigenvalue weighted by atomic mass is 16.2. The number of hydrogen-bond donors (Lipinski definition) is 2. The fourth-order valence-corrected chi connectivity index (χ4v) is 4.82. The Kier molecular flexibility index (Phi) is 4.14. The summed E-state index contributed by atoms with van der Waals surface area (Å²) >= 11 is 0. The molecule has 4 rings (SSSR count). The molecule has 0 aromatic carbocycles. The van der Waals surface area contributed by atoms with Crippen molar-refractivity contribution in [2.24, 2.45) is 0 Å². The maximum atomic E-state index is 13.2. The minimum absolute atomic E-state index is 0.219. The van der Waals surface area contributed by atoms with E-state index in [9.17, 15) is 4.79 Å². The summed E-state index contributed by atoms with van der Waals surface area (Å²) in [5.74, 6) is 0.298. The number of carbonyl (C=O) groups excluding carboxylic acids is 1. The number of aromatic amines is 1. The molecule has 2 fully saturated rings. The van der Waals surface area contributed by atoms with Crippen LogP contribution in [0.3, 0.4) is 0 Å². The van der Waals surface area contributed by atoms with Gasteiger partial charge in [-0.3, -0.25) is 14.8 Å². The van der Waals surface area contributed by atoms with E-state index in [0.29, 0.717) is 5.91 Å². The van der Waals surface area contributed by atoms with Gasteiger partial charge in [-0.25, -0.2) is 0 Å². The number of rotatable bonds is 3. The molecule has 2 heterocycles. The monoisotopic (exact) mass is 316 g/mol. The maximum absolute atomic E-state index is 13.2. The number of nitrogens with zero attached hydrogens (tertiary/aromatic N) is 2. The number of hydrogen-bond acceptors (Lipinski definition) is 3. The molecule has 23 heavy (non-hydrogen) atoms. The maximum Gasteiger partial charge on any atom is 0.240 e. The van der Waals surface area contributed by atoms with Crippen molar-refractivity contribution in [1.82, 2.24) is 20.4 Å². The van der Waals surface area contributed by atoms with Gasteiger partial charge < -0.3 is 5.32 Å². The van der Waals surface area contributed by atoms with Crippen LogP contribution < -0.4 is 5.32 Å². The van der Waals surface area contributed by atoms with E-state index in [-0.39, 0.29) is 11.6 Å². The molecule has 1 aromatic heterocycles. The first-order valence-electron chi connectivity index (χ1n) is 9.35. The van der Waals surface area contributed by atoms with Gasteiger partial charge in [-0.2, -0.15) is 5.10 Å². The van der Waals surface area contributed by atoms with Gasteiger partial charge in [0.25, 0.3) is 0 Å². The summed E-state index contributed by atoms with van der Waals surface area (Å²) in [6.45, 7) is 2.20. The highest BCUT2D eigenvalue weighted by molar-refractivity contribution is 5.86. The lowest BCUT2D eigenvalue weighted by Gasteiger charge is -2.44. The van der Waals surface area contributed by atoms with Crippen molar-refractivity contribution in [1.29, 1.82) is 0 Å². The minimum atomic E-state index is -0.219. The average molecular weight is 316 g/mol. The zero-order valence-corrected chi connectivity index (χ0v) is 13.9. The number of aromatic nitrogens is 2. The molecule has 1 saturated carbocycles. The highest BCUT2D eigenvalue weighted by Gasteiger charge is 2.45. The molecule has 5 nitrogen and oxygen atoms in total. The van der Waals surface area contributed by atoms with Crippen molar-refractivity contribution in [2.45, 2.75) is 75.8 Å². The molecule has 1 atom stereocenters. The summed E-state index contributed by atoms with van der Waals surface area (Å²) in [7, 11) is 0. The van der Waals surface area contributed by atoms with Crippen LogP contribution >= 0.6 is 0 Å². The van der Waals surface area contributed by atoms with E-state index >= 15 is 0 Å². The number of likely N-dealkylation sites (tertiary alicyclic amines) is 1. The summed E-state index contributed by atoms with van der Waals surface area (Å²) in [6.07, 6.45) is 13.1. The van der Waals surface area contributed by atoms with E-state index in [4.69, 9.17) is 0 Å². The molecule has 0 bridgehead atoms. The summed E-state index contributed by atoms with van der Waals surface area (Å²) in [5, 5.41) is 10.6. The lowest BCUT2D eigenvalue weighted by Crippen LogP contribution is -2.60. The fourth-order valence-electron chi connectivity index (χ4n) is 4.82. The van der Waals surface area contributed by atoms with Gasteiger partial charge in [-0.05, 0) is 57.2 Å². The molecule has 1 amide bonds. The number of amides is 1. The summed E-state index contributed by atoms with van der Waals surface area (Å²) in [5.41, 5.74) is 2.31. The second-order valence-electron chi connectivity index (χ2n) is 7.57. The van der Waals surface area contributed by atoms with Crippen LogP contribution in [0.4, 0.5) is 0 Å². The highest BCUT2D eigenvalue weighted by Crippen LogP contribution is 2.36. The van der Waals surface area contributed by atoms with E-state index in [1.807, 2.05) is 6.20 Å². The molecule has 1 aliphatic heterocycles. The third-order valence-electron chi connectivity index (χ3n) is 6.17. The molecule has 126 valence electrons. The largest absolute Gasteiger partial charge is 0.351 e. The van der Waals surface area contributed by atoms with Gasteiger partial charge in [-0.15, -0.1) is 0 Å². The Hall–Kier alpha value is -1.36. The molecule has 0 radical (unpaired) electrons. The van der Waals surface area contributed by atoms with Crippen LogP contribution in [0.5, 0.6) is 0 Å². The van der Waals surface area contributed by atoms with Crippen molar-refractivity contribution in [3.05, 3.63) is 17.5 Å². The van der Waals surface area contributed by atoms with E-state index in [0.717, 1.165) is 45.2 Å². The Morgan fingerprint density at radius 1 is 1.22 bits per heavy atom. The smallest absolute Gasteiger partial charge is 0.240 e. The quantitative estimate of drug-likeness (QED) is 0.898. The van der Waals surface area contributed by atoms with Crippen molar-refractivity contribution in [3.8, 4) is 0 Å². The molecule has 0 spiro atoms. The lowest BCUT2D eigenvalue weighted by molar-refractivity contribution is -0.136. The van der Waals surface area contributed by atoms with Gasteiger partial charge in [0.2, 0.25) is 5.91 Å². The van der Waals surface area contributed by atoms with Gasteiger partial charge in [0.1, 0.15) is 5.54 Å². The molecule has 1 aromatic rings. The van der Waals surface area contributed by atoms with Gasteiger partial charge in [-0.1, -0.05) is 19.3 Å². The third-order valence-corrected chi connectivity index (χ3v) is 6.17. The number of carbonyl (C=O) groups is 1. The zero-order chi connectivity index (χ0) is 15.7. The van der Waals surface area contributed by atoms with Crippen molar-refractivity contribution < 1.29 is 4.79 Å². The van der Waals surface area contributed by atoms with Crippen LogP contribution in [-0.4, -0.2) is 45.7 Å². The SMILES string of the molecule is O=C(NC1CCc2cn[nH]c2C1)C1(N2CCCC2)CCCCC1. The first kappa shape index (κ1) is 15.2. The Balaban J connectivity index is 1.47. The van der Waals surface area contributed by atoms with Crippen molar-refractivity contribution >= 4 is 5.91 Å². The number of nitrogens with one attached hydrogen (secondary N) is 2. The van der Waals surface area contributed by atoms with Gasteiger partial charge in [0.05, 0.1) is 6.20 Å². The van der Waals surface area contributed by atoms with Crippen LogP contribution in [0.15, 0.2) is 6.20 Å². The Labute approximate surface area is 138 Å². The standard InChI is InChI=1S/C18H28N4O/c23-17(20-15-7-6-14-13-19-21-16(14)12-15)18(8-2-1-3-9-18)22-10-4-5-11-22/h13,15H,1-12H2,(H,19,21)(H,20,23). The number of fused-ring (bicyclic) bond motifs is 1. The second kappa shape index (κ2) is 6.27. The number of H-pyrrole nitrogens is 1. The summed E-state index contributed by atoms with van der Waals surface area (Å²) in [6, 6.07) is 0.261. The second-order valence-corrected chi connectivity index (χ2v) is 7.57. The van der Waals surface area contributed by atoms with E-state index in [1.54, 1.807) is 0 Å². The van der Waals surface area contributed by atoms with Crippen LogP contribution in [0.2, 0.25) is 0 Å². The molecule has 3 aliphatic rings. The molecule has 1 unspecified atom stereocenters. The minimum Gasteiger partial charge on any atom is -0.351 e. The number of aryl methyl sites for hydroxylation is 1. The van der Waals surface area contributed by atoms with Crippen LogP contribution in [0, 0.1) is 0 Å².